The van der Waals surface area contributed by atoms with Crippen molar-refractivity contribution in [2.24, 2.45) is 0 Å². The van der Waals surface area contributed by atoms with Crippen molar-refractivity contribution < 1.29 is 28.6 Å². The molecule has 0 aromatic carbocycles. The van der Waals surface area contributed by atoms with Gasteiger partial charge in [-0.25, -0.2) is 0 Å². The predicted octanol–water partition coefficient (Wildman–Crippen LogP) is 16.4. The number of rotatable bonds is 44. The van der Waals surface area contributed by atoms with E-state index in [1.807, 2.05) is 12.2 Å². The largest absolute Gasteiger partial charge is 0.462 e. The highest BCUT2D eigenvalue weighted by Crippen LogP contribution is 2.13. The SMILES string of the molecule is CC/C=C\C/C=C\C/C=C\C/C=C\CCC(=O)OCC(COC(=O)CCCCCCC/C=C\CCCCCCCCC)OC(=O)CCCCCCC/C=C\C/C=C\CCCC. The van der Waals surface area contributed by atoms with Crippen molar-refractivity contribution in [1.82, 2.24) is 0 Å². The highest BCUT2D eigenvalue weighted by Gasteiger charge is 2.19. The lowest BCUT2D eigenvalue weighted by atomic mass is 10.1. The van der Waals surface area contributed by atoms with Crippen molar-refractivity contribution in [2.75, 3.05) is 13.2 Å². The molecule has 0 aliphatic rings. The van der Waals surface area contributed by atoms with E-state index in [4.69, 9.17) is 14.2 Å². The van der Waals surface area contributed by atoms with Crippen LogP contribution in [0.15, 0.2) is 85.1 Å². The second-order valence-corrected chi connectivity index (χ2v) is 16.3. The van der Waals surface area contributed by atoms with Crippen molar-refractivity contribution in [3.05, 3.63) is 85.1 Å². The Labute approximate surface area is 375 Å². The molecule has 1 unspecified atom stereocenters. The molecule has 0 N–H and O–H groups in total. The van der Waals surface area contributed by atoms with Crippen molar-refractivity contribution >= 4 is 17.9 Å². The van der Waals surface area contributed by atoms with Gasteiger partial charge in [0.25, 0.3) is 0 Å². The maximum atomic E-state index is 12.8. The summed E-state index contributed by atoms with van der Waals surface area (Å²) in [5.41, 5.74) is 0. The molecule has 0 aromatic rings. The molecule has 61 heavy (non-hydrogen) atoms. The van der Waals surface area contributed by atoms with E-state index in [1.165, 1.54) is 77.0 Å². The van der Waals surface area contributed by atoms with Crippen LogP contribution in [0.4, 0.5) is 0 Å². The van der Waals surface area contributed by atoms with Gasteiger partial charge < -0.3 is 14.2 Å². The van der Waals surface area contributed by atoms with Crippen LogP contribution in [0.5, 0.6) is 0 Å². The van der Waals surface area contributed by atoms with Gasteiger partial charge in [-0.1, -0.05) is 196 Å². The number of carbonyl (C=O) groups excluding carboxylic acids is 3. The summed E-state index contributed by atoms with van der Waals surface area (Å²) < 4.78 is 16.7. The smallest absolute Gasteiger partial charge is 0.306 e. The van der Waals surface area contributed by atoms with E-state index in [0.717, 1.165) is 103 Å². The minimum Gasteiger partial charge on any atom is -0.462 e. The van der Waals surface area contributed by atoms with Crippen LogP contribution in [0.1, 0.15) is 226 Å². The molecule has 0 rings (SSSR count). The molecule has 0 aromatic heterocycles. The number of hydrogen-bond acceptors (Lipinski definition) is 6. The van der Waals surface area contributed by atoms with Crippen LogP contribution in [0, 0.1) is 0 Å². The summed E-state index contributed by atoms with van der Waals surface area (Å²) in [7, 11) is 0. The third-order valence-electron chi connectivity index (χ3n) is 10.4. The summed E-state index contributed by atoms with van der Waals surface area (Å²) in [6.45, 7) is 6.38. The van der Waals surface area contributed by atoms with Crippen LogP contribution in [0.3, 0.4) is 0 Å². The van der Waals surface area contributed by atoms with Crippen molar-refractivity contribution in [3.63, 3.8) is 0 Å². The first-order valence-corrected chi connectivity index (χ1v) is 25.1. The van der Waals surface area contributed by atoms with Crippen LogP contribution in [-0.2, 0) is 28.6 Å². The molecule has 0 bridgehead atoms. The van der Waals surface area contributed by atoms with E-state index in [0.29, 0.717) is 19.3 Å². The van der Waals surface area contributed by atoms with E-state index in [2.05, 4.69) is 93.7 Å². The van der Waals surface area contributed by atoms with Crippen LogP contribution in [0.25, 0.3) is 0 Å². The summed E-state index contributed by atoms with van der Waals surface area (Å²) in [6, 6.07) is 0. The van der Waals surface area contributed by atoms with Gasteiger partial charge >= 0.3 is 17.9 Å². The molecule has 0 spiro atoms. The molecule has 0 heterocycles. The molecule has 0 saturated carbocycles. The minimum atomic E-state index is -0.815. The van der Waals surface area contributed by atoms with Gasteiger partial charge in [0.1, 0.15) is 13.2 Å². The Bertz CT molecular complexity index is 1200. The van der Waals surface area contributed by atoms with E-state index >= 15 is 0 Å². The highest BCUT2D eigenvalue weighted by molar-refractivity contribution is 5.71. The Hall–Kier alpha value is -3.41. The summed E-state index contributed by atoms with van der Waals surface area (Å²) in [6.07, 6.45) is 62.9. The average molecular weight is 849 g/mol. The van der Waals surface area contributed by atoms with Gasteiger partial charge in [0.15, 0.2) is 6.10 Å². The first kappa shape index (κ1) is 57.6. The molecule has 6 heteroatoms. The first-order valence-electron chi connectivity index (χ1n) is 25.1. The van der Waals surface area contributed by atoms with Gasteiger partial charge in [-0.15, -0.1) is 0 Å². The monoisotopic (exact) mass is 849 g/mol. The second-order valence-electron chi connectivity index (χ2n) is 16.3. The molecule has 6 nitrogen and oxygen atoms in total. The molecule has 0 saturated heterocycles. The standard InChI is InChI=1S/C55H92O6/c1-4-7-10-13-16-19-22-25-27-28-31-33-36-39-42-45-48-54(57)60-51-52(50-59-53(56)47-44-41-38-35-32-29-24-21-18-15-12-9-6-3)61-55(58)49-46-43-40-37-34-30-26-23-20-17-14-11-8-5-2/h9,12,14,17-18,21,23,26-29,32,38,41,52H,4-8,10-11,13,15-16,19-20,22,24-25,30-31,33-37,39-40,42-51H2,1-3H3/b12-9-,17-14-,21-18-,26-23-,28-27-,32-29-,41-38-. The number of ether oxygens (including phenoxy) is 3. The van der Waals surface area contributed by atoms with E-state index < -0.39 is 6.10 Å². The molecule has 348 valence electrons. The summed E-state index contributed by atoms with van der Waals surface area (Å²) in [5, 5.41) is 0. The summed E-state index contributed by atoms with van der Waals surface area (Å²) >= 11 is 0. The molecule has 0 radical (unpaired) electrons. The van der Waals surface area contributed by atoms with Crippen molar-refractivity contribution in [3.8, 4) is 0 Å². The highest BCUT2D eigenvalue weighted by atomic mass is 16.6. The van der Waals surface area contributed by atoms with Gasteiger partial charge in [0.05, 0.1) is 0 Å². The molecule has 1 atom stereocenters. The second kappa shape index (κ2) is 49.2. The zero-order valence-electron chi connectivity index (χ0n) is 39.7. The molecule has 0 amide bonds. The number of esters is 3. The third-order valence-corrected chi connectivity index (χ3v) is 10.4. The van der Waals surface area contributed by atoms with Gasteiger partial charge in [0.2, 0.25) is 0 Å². The van der Waals surface area contributed by atoms with Crippen molar-refractivity contribution in [1.29, 1.82) is 0 Å². The molecule has 0 fully saturated rings. The van der Waals surface area contributed by atoms with Crippen LogP contribution < -0.4 is 0 Å². The Kier molecular flexibility index (Phi) is 46.5. The number of unbranched alkanes of at least 4 members (excludes halogenated alkanes) is 19. The fourth-order valence-electron chi connectivity index (χ4n) is 6.58. The normalized spacial score (nSPS) is 12.8. The first-order chi connectivity index (χ1) is 30.0. The third kappa shape index (κ3) is 47.5. The Morgan fingerprint density at radius 1 is 0.344 bits per heavy atom. The van der Waals surface area contributed by atoms with Gasteiger partial charge in [-0.05, 0) is 96.3 Å². The minimum absolute atomic E-state index is 0.109. The summed E-state index contributed by atoms with van der Waals surface area (Å²) in [5.74, 6) is -1.02. The lowest BCUT2D eigenvalue weighted by molar-refractivity contribution is -0.166. The number of hydrogen-bond donors (Lipinski definition) is 0. The topological polar surface area (TPSA) is 78.9 Å². The Morgan fingerprint density at radius 3 is 1.16 bits per heavy atom. The molecular weight excluding hydrogens is 757 g/mol. The van der Waals surface area contributed by atoms with E-state index in [1.54, 1.807) is 0 Å². The van der Waals surface area contributed by atoms with E-state index in [9.17, 15) is 14.4 Å². The number of allylic oxidation sites excluding steroid dienone is 14. The molecular formula is C55H92O6. The summed E-state index contributed by atoms with van der Waals surface area (Å²) in [4.78, 5) is 37.9. The maximum Gasteiger partial charge on any atom is 0.306 e. The van der Waals surface area contributed by atoms with E-state index in [-0.39, 0.29) is 37.5 Å². The predicted molar refractivity (Wildman–Crippen MR) is 261 cm³/mol. The maximum absolute atomic E-state index is 12.8. The van der Waals surface area contributed by atoms with Crippen LogP contribution >= 0.6 is 0 Å². The number of carbonyl (C=O) groups is 3. The fraction of sp³-hybridized carbons (Fsp3) is 0.691. The molecule has 0 aliphatic carbocycles. The van der Waals surface area contributed by atoms with Gasteiger partial charge in [-0.3, -0.25) is 14.4 Å². The Balaban J connectivity index is 4.50. The van der Waals surface area contributed by atoms with Gasteiger partial charge in [0, 0.05) is 19.3 Å². The average Bonchev–Trinajstić information content (AvgIpc) is 3.26. The van der Waals surface area contributed by atoms with Crippen LogP contribution in [-0.4, -0.2) is 37.2 Å². The lowest BCUT2D eigenvalue weighted by Gasteiger charge is -2.18. The quantitative estimate of drug-likeness (QED) is 0.0263. The van der Waals surface area contributed by atoms with Crippen LogP contribution in [0.2, 0.25) is 0 Å². The lowest BCUT2D eigenvalue weighted by Crippen LogP contribution is -2.30. The van der Waals surface area contributed by atoms with Gasteiger partial charge in [-0.2, -0.15) is 0 Å². The fourth-order valence-corrected chi connectivity index (χ4v) is 6.58. The zero-order chi connectivity index (χ0) is 44.4. The zero-order valence-corrected chi connectivity index (χ0v) is 39.7. The molecule has 0 aliphatic heterocycles. The Morgan fingerprint density at radius 2 is 0.689 bits per heavy atom. The van der Waals surface area contributed by atoms with Crippen molar-refractivity contribution in [2.45, 2.75) is 232 Å².